The average molecular weight is 195 g/mol. The van der Waals surface area contributed by atoms with Gasteiger partial charge >= 0.3 is 0 Å². The molecule has 0 aliphatic heterocycles. The second-order valence-electron chi connectivity index (χ2n) is 3.26. The normalized spacial score (nSPS) is 12.9. The van der Waals surface area contributed by atoms with Gasteiger partial charge in [-0.15, -0.1) is 11.8 Å². The Hall–Kier alpha value is -0.470. The van der Waals surface area contributed by atoms with Crippen LogP contribution < -0.4 is 5.73 Å². The largest absolute Gasteiger partial charge is 0.324 e. The molecule has 2 heteroatoms. The smallest absolute Gasteiger partial charge is 0.0303 e. The summed E-state index contributed by atoms with van der Waals surface area (Å²) in [5.41, 5.74) is 8.60. The minimum absolute atomic E-state index is 0.183. The summed E-state index contributed by atoms with van der Waals surface area (Å²) in [6.45, 7) is 4.23. The Bertz CT molecular complexity index is 283. The van der Waals surface area contributed by atoms with Crippen LogP contribution in [0.4, 0.5) is 0 Å². The summed E-state index contributed by atoms with van der Waals surface area (Å²) in [6.07, 6.45) is 3.09. The van der Waals surface area contributed by atoms with Gasteiger partial charge in [-0.05, 0) is 31.2 Å². The number of benzene rings is 1. The Morgan fingerprint density at radius 3 is 2.69 bits per heavy atom. The molecule has 13 heavy (non-hydrogen) atoms. The molecule has 0 aliphatic rings. The zero-order valence-electron chi connectivity index (χ0n) is 8.50. The molecule has 0 saturated carbocycles. The third-order valence-electron chi connectivity index (χ3n) is 2.22. The molecule has 0 amide bonds. The Morgan fingerprint density at radius 1 is 1.46 bits per heavy atom. The SMILES string of the molecule is CCC(N)c1cc(C)ccc1SC. The summed E-state index contributed by atoms with van der Waals surface area (Å²) in [7, 11) is 0. The molecule has 0 heterocycles. The number of hydrogen-bond acceptors (Lipinski definition) is 2. The van der Waals surface area contributed by atoms with Gasteiger partial charge in [0.1, 0.15) is 0 Å². The lowest BCUT2D eigenvalue weighted by atomic mass is 10.0. The molecule has 0 saturated heterocycles. The predicted octanol–water partition coefficient (Wildman–Crippen LogP) is 3.13. The number of nitrogens with two attached hydrogens (primary N) is 1. The fraction of sp³-hybridized carbons (Fsp3) is 0.455. The van der Waals surface area contributed by atoms with E-state index in [0.717, 1.165) is 6.42 Å². The molecule has 1 unspecified atom stereocenters. The zero-order chi connectivity index (χ0) is 9.84. The first kappa shape index (κ1) is 10.6. The van der Waals surface area contributed by atoms with Crippen LogP contribution in [0.15, 0.2) is 23.1 Å². The van der Waals surface area contributed by atoms with E-state index in [0.29, 0.717) is 0 Å². The van der Waals surface area contributed by atoms with E-state index in [2.05, 4.69) is 38.3 Å². The van der Waals surface area contributed by atoms with Crippen LogP contribution in [0.5, 0.6) is 0 Å². The first-order chi connectivity index (χ1) is 6.19. The molecule has 0 fully saturated rings. The summed E-state index contributed by atoms with van der Waals surface area (Å²) in [5.74, 6) is 0. The van der Waals surface area contributed by atoms with Crippen molar-refractivity contribution in [3.05, 3.63) is 29.3 Å². The lowest BCUT2D eigenvalue weighted by Gasteiger charge is -2.14. The first-order valence-corrected chi connectivity index (χ1v) is 5.81. The number of thioether (sulfide) groups is 1. The van der Waals surface area contributed by atoms with Crippen molar-refractivity contribution in [2.45, 2.75) is 31.2 Å². The van der Waals surface area contributed by atoms with Crippen LogP contribution in [0.2, 0.25) is 0 Å². The lowest BCUT2D eigenvalue weighted by molar-refractivity contribution is 0.685. The molecule has 1 nitrogen and oxygen atoms in total. The highest BCUT2D eigenvalue weighted by Crippen LogP contribution is 2.27. The van der Waals surface area contributed by atoms with E-state index in [1.807, 2.05) is 0 Å². The molecule has 0 radical (unpaired) electrons. The topological polar surface area (TPSA) is 26.0 Å². The van der Waals surface area contributed by atoms with Gasteiger partial charge in [0.15, 0.2) is 0 Å². The van der Waals surface area contributed by atoms with E-state index < -0.39 is 0 Å². The molecule has 0 aliphatic carbocycles. The third-order valence-corrected chi connectivity index (χ3v) is 3.04. The maximum Gasteiger partial charge on any atom is 0.0303 e. The average Bonchev–Trinajstić information content (AvgIpc) is 2.16. The highest BCUT2D eigenvalue weighted by Gasteiger charge is 2.08. The van der Waals surface area contributed by atoms with Gasteiger partial charge in [-0.2, -0.15) is 0 Å². The van der Waals surface area contributed by atoms with Crippen molar-refractivity contribution in [1.82, 2.24) is 0 Å². The summed E-state index contributed by atoms with van der Waals surface area (Å²) in [4.78, 5) is 1.31. The van der Waals surface area contributed by atoms with E-state index in [4.69, 9.17) is 5.73 Å². The Labute approximate surface area is 84.7 Å². The minimum Gasteiger partial charge on any atom is -0.324 e. The van der Waals surface area contributed by atoms with Crippen molar-refractivity contribution in [2.75, 3.05) is 6.26 Å². The molecule has 1 rings (SSSR count). The Balaban J connectivity index is 3.07. The molecule has 0 bridgehead atoms. The summed E-state index contributed by atoms with van der Waals surface area (Å²) < 4.78 is 0. The van der Waals surface area contributed by atoms with Crippen LogP contribution in [0.1, 0.15) is 30.5 Å². The van der Waals surface area contributed by atoms with Crippen LogP contribution in [0.3, 0.4) is 0 Å². The third kappa shape index (κ3) is 2.48. The molecule has 72 valence electrons. The number of rotatable bonds is 3. The molecular weight excluding hydrogens is 178 g/mol. The molecule has 0 aromatic heterocycles. The second kappa shape index (κ2) is 4.68. The van der Waals surface area contributed by atoms with Gasteiger partial charge in [0.05, 0.1) is 0 Å². The fourth-order valence-corrected chi connectivity index (χ4v) is 2.01. The van der Waals surface area contributed by atoms with Crippen molar-refractivity contribution in [2.24, 2.45) is 5.73 Å². The number of hydrogen-bond donors (Lipinski definition) is 1. The quantitative estimate of drug-likeness (QED) is 0.750. The van der Waals surface area contributed by atoms with Crippen molar-refractivity contribution < 1.29 is 0 Å². The standard InChI is InChI=1S/C11H17NS/c1-4-10(12)9-7-8(2)5-6-11(9)13-3/h5-7,10H,4,12H2,1-3H3. The van der Waals surface area contributed by atoms with Gasteiger partial charge in [0, 0.05) is 10.9 Å². The molecular formula is C11H17NS. The molecule has 1 atom stereocenters. The van der Waals surface area contributed by atoms with E-state index in [9.17, 15) is 0 Å². The fourth-order valence-electron chi connectivity index (χ4n) is 1.36. The van der Waals surface area contributed by atoms with Crippen molar-refractivity contribution >= 4 is 11.8 Å². The summed E-state index contributed by atoms with van der Waals surface area (Å²) in [6, 6.07) is 6.67. The number of aryl methyl sites for hydroxylation is 1. The zero-order valence-corrected chi connectivity index (χ0v) is 9.32. The van der Waals surface area contributed by atoms with Gasteiger partial charge in [-0.3, -0.25) is 0 Å². The van der Waals surface area contributed by atoms with Gasteiger partial charge in [0.2, 0.25) is 0 Å². The molecule has 2 N–H and O–H groups in total. The maximum absolute atomic E-state index is 6.03. The van der Waals surface area contributed by atoms with Crippen LogP contribution in [-0.2, 0) is 0 Å². The van der Waals surface area contributed by atoms with E-state index in [-0.39, 0.29) is 6.04 Å². The van der Waals surface area contributed by atoms with E-state index in [1.54, 1.807) is 11.8 Å². The van der Waals surface area contributed by atoms with Gasteiger partial charge in [-0.1, -0.05) is 24.6 Å². The first-order valence-electron chi connectivity index (χ1n) is 4.59. The van der Waals surface area contributed by atoms with Crippen LogP contribution in [-0.4, -0.2) is 6.26 Å². The molecule has 0 spiro atoms. The lowest BCUT2D eigenvalue weighted by Crippen LogP contribution is -2.09. The van der Waals surface area contributed by atoms with Crippen molar-refractivity contribution in [3.63, 3.8) is 0 Å². The van der Waals surface area contributed by atoms with Gasteiger partial charge in [-0.25, -0.2) is 0 Å². The summed E-state index contributed by atoms with van der Waals surface area (Å²) >= 11 is 1.77. The Morgan fingerprint density at radius 2 is 2.15 bits per heavy atom. The second-order valence-corrected chi connectivity index (χ2v) is 4.11. The molecule has 1 aromatic carbocycles. The van der Waals surface area contributed by atoms with Crippen LogP contribution in [0, 0.1) is 6.92 Å². The van der Waals surface area contributed by atoms with Gasteiger partial charge in [0.25, 0.3) is 0 Å². The van der Waals surface area contributed by atoms with E-state index >= 15 is 0 Å². The van der Waals surface area contributed by atoms with Crippen molar-refractivity contribution in [3.8, 4) is 0 Å². The highest BCUT2D eigenvalue weighted by molar-refractivity contribution is 7.98. The van der Waals surface area contributed by atoms with Gasteiger partial charge < -0.3 is 5.73 Å². The minimum atomic E-state index is 0.183. The van der Waals surface area contributed by atoms with E-state index in [1.165, 1.54) is 16.0 Å². The predicted molar refractivity (Wildman–Crippen MR) is 60.2 cm³/mol. The molecule has 1 aromatic rings. The maximum atomic E-state index is 6.03. The summed E-state index contributed by atoms with van der Waals surface area (Å²) in [5, 5.41) is 0. The van der Waals surface area contributed by atoms with Crippen LogP contribution >= 0.6 is 11.8 Å². The van der Waals surface area contributed by atoms with Crippen molar-refractivity contribution in [1.29, 1.82) is 0 Å². The Kier molecular flexibility index (Phi) is 3.82. The highest BCUT2D eigenvalue weighted by atomic mass is 32.2. The van der Waals surface area contributed by atoms with Crippen LogP contribution in [0.25, 0.3) is 0 Å². The monoisotopic (exact) mass is 195 g/mol.